The van der Waals surface area contributed by atoms with Crippen molar-refractivity contribution >= 4 is 23.4 Å². The molecule has 0 aliphatic carbocycles. The average molecular weight is 499 g/mol. The molecule has 4 heterocycles. The van der Waals surface area contributed by atoms with Crippen LogP contribution < -0.4 is 0 Å². The van der Waals surface area contributed by atoms with Gasteiger partial charge in [0.2, 0.25) is 5.91 Å². The van der Waals surface area contributed by atoms with E-state index in [9.17, 15) is 27.6 Å². The van der Waals surface area contributed by atoms with E-state index in [2.05, 4.69) is 10.2 Å². The molecule has 3 aromatic rings. The first-order valence-electron chi connectivity index (χ1n) is 11.8. The zero-order valence-corrected chi connectivity index (χ0v) is 19.6. The Morgan fingerprint density at radius 1 is 1.08 bits per heavy atom. The van der Waals surface area contributed by atoms with Crippen LogP contribution in [0.3, 0.4) is 0 Å². The van der Waals surface area contributed by atoms with Crippen LogP contribution in [0.2, 0.25) is 0 Å². The number of hydrogen-bond acceptors (Lipinski definition) is 5. The molecule has 0 spiro atoms. The van der Waals surface area contributed by atoms with Crippen molar-refractivity contribution in [2.24, 2.45) is 0 Å². The molecule has 2 aromatic heterocycles. The number of piperidine rings is 1. The van der Waals surface area contributed by atoms with Gasteiger partial charge in [0.25, 0.3) is 11.8 Å². The molecule has 1 atom stereocenters. The smallest absolute Gasteiger partial charge is 0.342 e. The van der Waals surface area contributed by atoms with E-state index in [0.717, 1.165) is 17.8 Å². The molecule has 2 aliphatic rings. The van der Waals surface area contributed by atoms with Crippen LogP contribution in [0.15, 0.2) is 36.5 Å². The second-order valence-electron chi connectivity index (χ2n) is 9.30. The normalized spacial score (nSPS) is 18.3. The first kappa shape index (κ1) is 24.0. The van der Waals surface area contributed by atoms with Gasteiger partial charge in [0.1, 0.15) is 5.82 Å². The topological polar surface area (TPSA) is 87.9 Å². The van der Waals surface area contributed by atoms with Gasteiger partial charge in [-0.15, -0.1) is 10.2 Å². The number of benzene rings is 1. The number of alkyl halides is 3. The summed E-state index contributed by atoms with van der Waals surface area (Å²) in [7, 11) is 0. The summed E-state index contributed by atoms with van der Waals surface area (Å²) in [5, 5.41) is 8.11. The van der Waals surface area contributed by atoms with Crippen LogP contribution in [-0.2, 0) is 11.0 Å². The maximum absolute atomic E-state index is 13.2. The Balaban J connectivity index is 1.22. The van der Waals surface area contributed by atoms with E-state index in [1.54, 1.807) is 23.1 Å². The first-order valence-corrected chi connectivity index (χ1v) is 11.8. The predicted octanol–water partition coefficient (Wildman–Crippen LogP) is 3.84. The molecule has 0 saturated carbocycles. The maximum atomic E-state index is 13.2. The van der Waals surface area contributed by atoms with Crippen molar-refractivity contribution in [2.45, 2.75) is 44.7 Å². The number of imide groups is 1. The Hall–Kier alpha value is -3.76. The Kier molecular flexibility index (Phi) is 6.01. The molecule has 8 nitrogen and oxygen atoms in total. The molecule has 3 amide bonds. The molecule has 188 valence electrons. The SMILES string of the molecule is Cc1ccc2c(c1)C(=O)N(CCCC(=O)N1CCCC(c3nnc4ccc(C(F)(F)F)cn34)C1)C2=O. The summed E-state index contributed by atoms with van der Waals surface area (Å²) in [6, 6.07) is 7.38. The standard InChI is InChI=1S/C25H24F3N5O3/c1-15-6-8-18-19(12-15)24(36)32(23(18)35)11-3-5-21(34)31-10-2-4-16(13-31)22-30-29-20-9-7-17(14-33(20)22)25(26,27)28/h6-9,12,14,16H,2-5,10-11,13H2,1H3. The van der Waals surface area contributed by atoms with Crippen molar-refractivity contribution in [1.82, 2.24) is 24.4 Å². The van der Waals surface area contributed by atoms with Crippen LogP contribution >= 0.6 is 0 Å². The number of hydrogen-bond donors (Lipinski definition) is 0. The number of pyridine rings is 1. The quantitative estimate of drug-likeness (QED) is 0.498. The summed E-state index contributed by atoms with van der Waals surface area (Å²) in [6.07, 6.45) is -1.65. The maximum Gasteiger partial charge on any atom is 0.417 e. The molecule has 1 fully saturated rings. The third-order valence-electron chi connectivity index (χ3n) is 6.79. The van der Waals surface area contributed by atoms with Crippen LogP contribution in [-0.4, -0.2) is 61.8 Å². The average Bonchev–Trinajstić information content (AvgIpc) is 3.37. The molecule has 1 unspecified atom stereocenters. The van der Waals surface area contributed by atoms with Crippen molar-refractivity contribution < 1.29 is 27.6 Å². The summed E-state index contributed by atoms with van der Waals surface area (Å²) in [5.74, 6) is -0.675. The van der Waals surface area contributed by atoms with Gasteiger partial charge in [0.15, 0.2) is 5.65 Å². The van der Waals surface area contributed by atoms with E-state index in [1.165, 1.54) is 15.4 Å². The molecule has 2 aliphatic heterocycles. The molecule has 11 heteroatoms. The van der Waals surface area contributed by atoms with Crippen LogP contribution in [0.5, 0.6) is 0 Å². The van der Waals surface area contributed by atoms with Gasteiger partial charge >= 0.3 is 6.18 Å². The van der Waals surface area contributed by atoms with E-state index in [1.807, 2.05) is 6.92 Å². The Bertz CT molecular complexity index is 1370. The minimum Gasteiger partial charge on any atom is -0.342 e. The number of carbonyl (C=O) groups is 3. The lowest BCUT2D eigenvalue weighted by Crippen LogP contribution is -2.40. The Labute approximate surface area is 204 Å². The molecule has 36 heavy (non-hydrogen) atoms. The van der Waals surface area contributed by atoms with Gasteiger partial charge in [-0.25, -0.2) is 0 Å². The highest BCUT2D eigenvalue weighted by atomic mass is 19.4. The second kappa shape index (κ2) is 9.03. The van der Waals surface area contributed by atoms with E-state index >= 15 is 0 Å². The third kappa shape index (κ3) is 4.33. The molecule has 1 aromatic carbocycles. The minimum absolute atomic E-state index is 0.128. The largest absolute Gasteiger partial charge is 0.417 e. The minimum atomic E-state index is -4.48. The lowest BCUT2D eigenvalue weighted by atomic mass is 9.96. The highest BCUT2D eigenvalue weighted by molar-refractivity contribution is 6.21. The molecular formula is C25H24F3N5O3. The fraction of sp³-hybridized carbons (Fsp3) is 0.400. The number of nitrogens with zero attached hydrogens (tertiary/aromatic N) is 5. The van der Waals surface area contributed by atoms with E-state index in [0.29, 0.717) is 55.0 Å². The van der Waals surface area contributed by atoms with Crippen molar-refractivity contribution in [2.75, 3.05) is 19.6 Å². The van der Waals surface area contributed by atoms with Gasteiger partial charge in [-0.1, -0.05) is 11.6 Å². The number of fused-ring (bicyclic) bond motifs is 2. The van der Waals surface area contributed by atoms with Crippen LogP contribution in [0, 0.1) is 6.92 Å². The molecule has 0 N–H and O–H groups in total. The fourth-order valence-electron chi connectivity index (χ4n) is 4.92. The highest BCUT2D eigenvalue weighted by Crippen LogP contribution is 2.32. The number of rotatable bonds is 5. The van der Waals surface area contributed by atoms with Gasteiger partial charge in [-0.2, -0.15) is 13.2 Å². The zero-order valence-electron chi connectivity index (χ0n) is 19.6. The zero-order chi connectivity index (χ0) is 25.6. The van der Waals surface area contributed by atoms with E-state index < -0.39 is 11.7 Å². The number of amides is 3. The Morgan fingerprint density at radius 2 is 1.86 bits per heavy atom. The molecule has 1 saturated heterocycles. The van der Waals surface area contributed by atoms with Crippen molar-refractivity contribution in [3.63, 3.8) is 0 Å². The van der Waals surface area contributed by atoms with Crippen LogP contribution in [0.1, 0.15) is 69.3 Å². The summed E-state index contributed by atoms with van der Waals surface area (Å²) in [5.41, 5.74) is 1.19. The second-order valence-corrected chi connectivity index (χ2v) is 9.30. The van der Waals surface area contributed by atoms with E-state index in [4.69, 9.17) is 0 Å². The predicted molar refractivity (Wildman–Crippen MR) is 122 cm³/mol. The Morgan fingerprint density at radius 3 is 2.64 bits per heavy atom. The number of likely N-dealkylation sites (tertiary alicyclic amines) is 1. The molecule has 5 rings (SSSR count). The lowest BCUT2D eigenvalue weighted by Gasteiger charge is -2.32. The lowest BCUT2D eigenvalue weighted by molar-refractivity contribution is -0.137. The van der Waals surface area contributed by atoms with Crippen LogP contribution in [0.25, 0.3) is 5.65 Å². The summed E-state index contributed by atoms with van der Waals surface area (Å²) in [6.45, 7) is 2.85. The monoisotopic (exact) mass is 499 g/mol. The molecular weight excluding hydrogens is 475 g/mol. The number of aryl methyl sites for hydroxylation is 1. The van der Waals surface area contributed by atoms with Gasteiger partial charge in [-0.05, 0) is 50.5 Å². The summed E-state index contributed by atoms with van der Waals surface area (Å²) in [4.78, 5) is 41.0. The van der Waals surface area contributed by atoms with Gasteiger partial charge in [0.05, 0.1) is 16.7 Å². The highest BCUT2D eigenvalue weighted by Gasteiger charge is 2.36. The van der Waals surface area contributed by atoms with Crippen molar-refractivity contribution in [3.05, 3.63) is 64.6 Å². The first-order chi connectivity index (χ1) is 17.1. The van der Waals surface area contributed by atoms with Gasteiger partial charge < -0.3 is 4.90 Å². The fourth-order valence-corrected chi connectivity index (χ4v) is 4.92. The molecule has 0 bridgehead atoms. The number of aromatic nitrogens is 3. The molecule has 0 radical (unpaired) electrons. The van der Waals surface area contributed by atoms with Crippen molar-refractivity contribution in [3.8, 4) is 0 Å². The number of carbonyl (C=O) groups excluding carboxylic acids is 3. The van der Waals surface area contributed by atoms with Crippen LogP contribution in [0.4, 0.5) is 13.2 Å². The van der Waals surface area contributed by atoms with Gasteiger partial charge in [-0.3, -0.25) is 23.7 Å². The van der Waals surface area contributed by atoms with Gasteiger partial charge in [0, 0.05) is 38.2 Å². The summed E-state index contributed by atoms with van der Waals surface area (Å²) < 4.78 is 40.9. The summed E-state index contributed by atoms with van der Waals surface area (Å²) >= 11 is 0. The van der Waals surface area contributed by atoms with Crippen molar-refractivity contribution in [1.29, 1.82) is 0 Å². The number of halogens is 3. The third-order valence-corrected chi connectivity index (χ3v) is 6.79. The van der Waals surface area contributed by atoms with E-state index in [-0.39, 0.29) is 36.6 Å².